The largest absolute Gasteiger partial charge is 0.255 e. The number of aryl methyl sites for hydroxylation is 2. The van der Waals surface area contributed by atoms with Gasteiger partial charge in [0.25, 0.3) is 0 Å². The summed E-state index contributed by atoms with van der Waals surface area (Å²) in [6, 6.07) is 4.33. The molecule has 0 amide bonds. The van der Waals surface area contributed by atoms with E-state index in [-0.39, 0.29) is 0 Å². The topological polar surface area (TPSA) is 12.9 Å². The summed E-state index contributed by atoms with van der Waals surface area (Å²) in [6.45, 7) is 4.39. The predicted molar refractivity (Wildman–Crippen MR) is 58.4 cm³/mol. The normalized spacial score (nSPS) is 10.9. The first kappa shape index (κ1) is 8.70. The van der Waals surface area contributed by atoms with E-state index in [0.717, 1.165) is 12.8 Å². The van der Waals surface area contributed by atoms with Crippen molar-refractivity contribution in [3.05, 3.63) is 28.8 Å². The van der Waals surface area contributed by atoms with Crippen LogP contribution in [-0.4, -0.2) is 4.98 Å². The Kier molecular flexibility index (Phi) is 2.32. The zero-order valence-electron chi connectivity index (χ0n) is 8.00. The number of rotatable bonds is 2. The zero-order chi connectivity index (χ0) is 9.26. The second kappa shape index (κ2) is 3.46. The van der Waals surface area contributed by atoms with Crippen LogP contribution in [0.2, 0.25) is 0 Å². The number of aromatic nitrogens is 1. The molecule has 0 aliphatic rings. The fourth-order valence-corrected chi connectivity index (χ4v) is 2.63. The van der Waals surface area contributed by atoms with Gasteiger partial charge in [-0.3, -0.25) is 4.98 Å². The quantitative estimate of drug-likeness (QED) is 0.708. The van der Waals surface area contributed by atoms with Crippen molar-refractivity contribution in [3.63, 3.8) is 0 Å². The van der Waals surface area contributed by atoms with E-state index in [1.807, 2.05) is 17.5 Å². The molecule has 0 saturated carbocycles. The standard InChI is InChI=1S/C11H13NS/c1-3-8-5-6-12-10-7-9(4-2)13-11(8)10/h5-7H,3-4H2,1-2H3. The molecule has 1 nitrogen and oxygen atoms in total. The second-order valence-corrected chi connectivity index (χ2v) is 4.24. The van der Waals surface area contributed by atoms with Crippen LogP contribution in [0.4, 0.5) is 0 Å². The first-order valence-corrected chi connectivity index (χ1v) is 5.53. The molecule has 0 unspecified atom stereocenters. The molecule has 68 valence electrons. The Morgan fingerprint density at radius 2 is 2.15 bits per heavy atom. The van der Waals surface area contributed by atoms with E-state index >= 15 is 0 Å². The average Bonchev–Trinajstić information content (AvgIpc) is 2.59. The maximum Gasteiger partial charge on any atom is 0.0815 e. The summed E-state index contributed by atoms with van der Waals surface area (Å²) >= 11 is 1.89. The average molecular weight is 191 g/mol. The van der Waals surface area contributed by atoms with Gasteiger partial charge in [0, 0.05) is 11.1 Å². The molecule has 0 radical (unpaired) electrons. The lowest BCUT2D eigenvalue weighted by Gasteiger charge is -1.95. The molecule has 0 aliphatic carbocycles. The summed E-state index contributed by atoms with van der Waals surface area (Å²) in [5.74, 6) is 0. The lowest BCUT2D eigenvalue weighted by Crippen LogP contribution is -1.80. The Morgan fingerprint density at radius 1 is 1.31 bits per heavy atom. The first-order valence-electron chi connectivity index (χ1n) is 4.71. The molecular weight excluding hydrogens is 178 g/mol. The van der Waals surface area contributed by atoms with Crippen LogP contribution >= 0.6 is 11.3 Å². The van der Waals surface area contributed by atoms with Gasteiger partial charge in [0.05, 0.1) is 10.2 Å². The SMILES string of the molecule is CCc1cc2nccc(CC)c2s1. The number of thiophene rings is 1. The molecule has 2 aromatic rings. The van der Waals surface area contributed by atoms with E-state index in [0.29, 0.717) is 0 Å². The van der Waals surface area contributed by atoms with Crippen molar-refractivity contribution >= 4 is 21.6 Å². The lowest BCUT2D eigenvalue weighted by molar-refractivity contribution is 1.15. The molecule has 0 atom stereocenters. The lowest BCUT2D eigenvalue weighted by atomic mass is 10.2. The summed E-state index contributed by atoms with van der Waals surface area (Å²) in [5, 5.41) is 0. The maximum absolute atomic E-state index is 4.37. The van der Waals surface area contributed by atoms with Crippen molar-refractivity contribution in [2.45, 2.75) is 26.7 Å². The van der Waals surface area contributed by atoms with Gasteiger partial charge in [0.2, 0.25) is 0 Å². The molecule has 0 N–H and O–H groups in total. The highest BCUT2D eigenvalue weighted by atomic mass is 32.1. The minimum Gasteiger partial charge on any atom is -0.255 e. The van der Waals surface area contributed by atoms with Crippen molar-refractivity contribution in [2.24, 2.45) is 0 Å². The monoisotopic (exact) mass is 191 g/mol. The van der Waals surface area contributed by atoms with Crippen LogP contribution in [-0.2, 0) is 12.8 Å². The van der Waals surface area contributed by atoms with Gasteiger partial charge in [-0.15, -0.1) is 11.3 Å². The van der Waals surface area contributed by atoms with Crippen molar-refractivity contribution in [1.29, 1.82) is 0 Å². The van der Waals surface area contributed by atoms with Crippen molar-refractivity contribution in [2.75, 3.05) is 0 Å². The van der Waals surface area contributed by atoms with E-state index < -0.39 is 0 Å². The third kappa shape index (κ3) is 1.46. The summed E-state index contributed by atoms with van der Waals surface area (Å²) in [4.78, 5) is 5.80. The Hall–Kier alpha value is -0.890. The molecule has 2 heteroatoms. The van der Waals surface area contributed by atoms with Crippen LogP contribution in [0, 0.1) is 0 Å². The van der Waals surface area contributed by atoms with E-state index in [4.69, 9.17) is 0 Å². The molecule has 2 heterocycles. The molecule has 13 heavy (non-hydrogen) atoms. The number of nitrogens with zero attached hydrogens (tertiary/aromatic N) is 1. The van der Waals surface area contributed by atoms with Gasteiger partial charge in [-0.1, -0.05) is 13.8 Å². The van der Waals surface area contributed by atoms with E-state index in [2.05, 4.69) is 31.0 Å². The third-order valence-electron chi connectivity index (χ3n) is 2.27. The van der Waals surface area contributed by atoms with Gasteiger partial charge < -0.3 is 0 Å². The van der Waals surface area contributed by atoms with E-state index in [1.165, 1.54) is 20.7 Å². The second-order valence-electron chi connectivity index (χ2n) is 3.10. The Morgan fingerprint density at radius 3 is 2.85 bits per heavy atom. The summed E-state index contributed by atoms with van der Waals surface area (Å²) < 4.78 is 1.38. The van der Waals surface area contributed by atoms with Gasteiger partial charge >= 0.3 is 0 Å². The van der Waals surface area contributed by atoms with Gasteiger partial charge in [0.15, 0.2) is 0 Å². The van der Waals surface area contributed by atoms with Crippen LogP contribution in [0.1, 0.15) is 24.3 Å². The van der Waals surface area contributed by atoms with Crippen LogP contribution in [0.3, 0.4) is 0 Å². The van der Waals surface area contributed by atoms with E-state index in [1.54, 1.807) is 0 Å². The Bertz CT molecular complexity index is 417. The van der Waals surface area contributed by atoms with Crippen LogP contribution in [0.25, 0.3) is 10.2 Å². The highest BCUT2D eigenvalue weighted by Crippen LogP contribution is 2.27. The zero-order valence-corrected chi connectivity index (χ0v) is 8.82. The fraction of sp³-hybridized carbons (Fsp3) is 0.364. The molecule has 2 aromatic heterocycles. The van der Waals surface area contributed by atoms with Crippen LogP contribution in [0.5, 0.6) is 0 Å². The van der Waals surface area contributed by atoms with Crippen molar-refractivity contribution in [1.82, 2.24) is 4.98 Å². The number of hydrogen-bond acceptors (Lipinski definition) is 2. The highest BCUT2D eigenvalue weighted by molar-refractivity contribution is 7.19. The number of hydrogen-bond donors (Lipinski definition) is 0. The number of fused-ring (bicyclic) bond motifs is 1. The minimum atomic E-state index is 1.10. The van der Waals surface area contributed by atoms with Crippen LogP contribution < -0.4 is 0 Å². The van der Waals surface area contributed by atoms with Gasteiger partial charge in [-0.05, 0) is 30.5 Å². The smallest absolute Gasteiger partial charge is 0.0815 e. The third-order valence-corrected chi connectivity index (χ3v) is 3.62. The van der Waals surface area contributed by atoms with Crippen LogP contribution in [0.15, 0.2) is 18.3 Å². The van der Waals surface area contributed by atoms with Gasteiger partial charge in [0.1, 0.15) is 0 Å². The molecule has 0 fully saturated rings. The summed E-state index contributed by atoms with van der Waals surface area (Å²) in [6.07, 6.45) is 4.13. The number of pyridine rings is 1. The predicted octanol–water partition coefficient (Wildman–Crippen LogP) is 3.42. The Labute approximate surface area is 82.4 Å². The molecule has 0 aromatic carbocycles. The summed E-state index contributed by atoms with van der Waals surface area (Å²) in [7, 11) is 0. The summed E-state index contributed by atoms with van der Waals surface area (Å²) in [5.41, 5.74) is 2.59. The minimum absolute atomic E-state index is 1.10. The van der Waals surface area contributed by atoms with Gasteiger partial charge in [-0.2, -0.15) is 0 Å². The maximum atomic E-state index is 4.37. The molecule has 2 rings (SSSR count). The molecule has 0 aliphatic heterocycles. The van der Waals surface area contributed by atoms with Crippen molar-refractivity contribution in [3.8, 4) is 0 Å². The van der Waals surface area contributed by atoms with Gasteiger partial charge in [-0.25, -0.2) is 0 Å². The molecule has 0 bridgehead atoms. The molecule has 0 saturated heterocycles. The molecule has 0 spiro atoms. The first-order chi connectivity index (χ1) is 6.35. The highest BCUT2D eigenvalue weighted by Gasteiger charge is 2.04. The van der Waals surface area contributed by atoms with E-state index in [9.17, 15) is 0 Å². The molecular formula is C11H13NS. The van der Waals surface area contributed by atoms with Crippen molar-refractivity contribution < 1.29 is 0 Å². The fourth-order valence-electron chi connectivity index (χ4n) is 1.49. The Balaban J connectivity index is 2.67.